The fraction of sp³-hybridized carbons (Fsp3) is 0.571. The summed E-state index contributed by atoms with van der Waals surface area (Å²) in [4.78, 5) is 0. The van der Waals surface area contributed by atoms with E-state index in [0.717, 1.165) is 0 Å². The summed E-state index contributed by atoms with van der Waals surface area (Å²) in [6, 6.07) is 8.39. The number of hydrogen-bond donors (Lipinski definition) is 2. The van der Waals surface area contributed by atoms with Crippen LogP contribution in [0.3, 0.4) is 0 Å². The third-order valence-electron chi connectivity index (χ3n) is 3.07. The monoisotopic (exact) mass is 411 g/mol. The fourth-order valence-electron chi connectivity index (χ4n) is 2.00. The lowest BCUT2D eigenvalue weighted by Crippen LogP contribution is -2.37. The summed E-state index contributed by atoms with van der Waals surface area (Å²) in [6.07, 6.45) is -2.37. The molecule has 0 aromatic heterocycles. The van der Waals surface area contributed by atoms with Crippen LogP contribution in [0.1, 0.15) is 13.8 Å². The van der Waals surface area contributed by atoms with E-state index in [1.165, 1.54) is 0 Å². The topological polar surface area (TPSA) is 77.0 Å². The largest absolute Gasteiger partial charge is 0.459 e. The van der Waals surface area contributed by atoms with Gasteiger partial charge in [0.2, 0.25) is 4.58 Å². The van der Waals surface area contributed by atoms with Gasteiger partial charge in [-0.2, -0.15) is 0 Å². The molecule has 1 fully saturated rings. The molecule has 1 saturated heterocycles. The fourth-order valence-corrected chi connectivity index (χ4v) is 3.99. The van der Waals surface area contributed by atoms with Gasteiger partial charge in [-0.1, -0.05) is 18.2 Å². The SMILES string of the molecule is CC(C)NP(=O)(OC[C@H]1OC[C@@](F)(Br)[C@@H]1O)Oc1ccccc1. The Labute approximate surface area is 143 Å². The number of aliphatic hydroxyl groups is 1. The molecule has 2 N–H and O–H groups in total. The van der Waals surface area contributed by atoms with Crippen molar-refractivity contribution in [3.63, 3.8) is 0 Å². The lowest BCUT2D eigenvalue weighted by atomic mass is 10.2. The van der Waals surface area contributed by atoms with Gasteiger partial charge in [0.05, 0.1) is 13.2 Å². The highest BCUT2D eigenvalue weighted by molar-refractivity contribution is 9.10. The maximum Gasteiger partial charge on any atom is 0.459 e. The number of nitrogens with one attached hydrogen (secondary N) is 1. The highest BCUT2D eigenvalue weighted by Gasteiger charge is 2.49. The van der Waals surface area contributed by atoms with Crippen LogP contribution < -0.4 is 9.61 Å². The second-order valence-electron chi connectivity index (χ2n) is 5.54. The van der Waals surface area contributed by atoms with Crippen LogP contribution in [0.4, 0.5) is 4.39 Å². The van der Waals surface area contributed by atoms with Crippen LogP contribution in [-0.2, 0) is 13.8 Å². The molecule has 0 saturated carbocycles. The Morgan fingerprint density at radius 2 is 2.17 bits per heavy atom. The highest BCUT2D eigenvalue weighted by atomic mass is 79.9. The zero-order valence-corrected chi connectivity index (χ0v) is 15.3. The van der Waals surface area contributed by atoms with Gasteiger partial charge in [-0.25, -0.2) is 14.0 Å². The van der Waals surface area contributed by atoms with Crippen LogP contribution >= 0.6 is 23.7 Å². The van der Waals surface area contributed by atoms with Crippen molar-refractivity contribution >= 4 is 23.7 Å². The molecule has 4 atom stereocenters. The summed E-state index contributed by atoms with van der Waals surface area (Å²) >= 11 is 2.75. The normalized spacial score (nSPS) is 30.3. The van der Waals surface area contributed by atoms with E-state index in [0.29, 0.717) is 5.75 Å². The molecule has 1 aliphatic rings. The van der Waals surface area contributed by atoms with Crippen LogP contribution in [0.25, 0.3) is 0 Å². The molecule has 0 amide bonds. The van der Waals surface area contributed by atoms with Crippen LogP contribution in [0, 0.1) is 0 Å². The molecule has 9 heteroatoms. The molecular formula is C14H20BrFNO5P. The Bertz CT molecular complexity index is 559. The molecular weight excluding hydrogens is 392 g/mol. The molecule has 6 nitrogen and oxygen atoms in total. The summed E-state index contributed by atoms with van der Waals surface area (Å²) < 4.78 is 40.5. The molecule has 1 aliphatic heterocycles. The van der Waals surface area contributed by atoms with Gasteiger partial charge in [-0.3, -0.25) is 4.52 Å². The van der Waals surface area contributed by atoms with Crippen LogP contribution in [0.15, 0.2) is 30.3 Å². The molecule has 1 aromatic rings. The smallest absolute Gasteiger partial charge is 0.413 e. The minimum absolute atomic E-state index is 0.171. The minimum atomic E-state index is -3.70. The zero-order valence-electron chi connectivity index (χ0n) is 12.8. The van der Waals surface area contributed by atoms with Crippen molar-refractivity contribution in [2.75, 3.05) is 13.2 Å². The number of aliphatic hydroxyl groups excluding tert-OH is 1. The molecule has 130 valence electrons. The van der Waals surface area contributed by atoms with Crippen molar-refractivity contribution in [1.29, 1.82) is 0 Å². The third kappa shape index (κ3) is 5.24. The summed E-state index contributed by atoms with van der Waals surface area (Å²) in [5, 5.41) is 12.5. The van der Waals surface area contributed by atoms with Gasteiger partial charge in [-0.15, -0.1) is 0 Å². The Hall–Kier alpha value is -0.500. The Balaban J connectivity index is 2.03. The predicted molar refractivity (Wildman–Crippen MR) is 87.4 cm³/mol. The molecule has 1 heterocycles. The van der Waals surface area contributed by atoms with E-state index < -0.39 is 24.5 Å². The average Bonchev–Trinajstić information content (AvgIpc) is 2.71. The number of alkyl halides is 2. The summed E-state index contributed by atoms with van der Waals surface area (Å²) in [7, 11) is -3.70. The third-order valence-corrected chi connectivity index (χ3v) is 5.54. The van der Waals surface area contributed by atoms with Gasteiger partial charge in [0.1, 0.15) is 18.0 Å². The van der Waals surface area contributed by atoms with E-state index in [9.17, 15) is 14.1 Å². The second kappa shape index (κ2) is 7.59. The first kappa shape index (κ1) is 18.8. The van der Waals surface area contributed by atoms with Crippen molar-refractivity contribution in [2.24, 2.45) is 0 Å². The van der Waals surface area contributed by atoms with Crippen LogP contribution in [0.5, 0.6) is 5.75 Å². The second-order valence-corrected chi connectivity index (χ2v) is 8.55. The maximum atomic E-state index is 13.8. The van der Waals surface area contributed by atoms with E-state index in [2.05, 4.69) is 21.0 Å². The average molecular weight is 412 g/mol. The molecule has 0 spiro atoms. The Morgan fingerprint density at radius 3 is 2.70 bits per heavy atom. The summed E-state index contributed by atoms with van der Waals surface area (Å²) in [5.41, 5.74) is 0. The molecule has 1 aromatic carbocycles. The van der Waals surface area contributed by atoms with Crippen molar-refractivity contribution < 1.29 is 27.8 Å². The number of benzene rings is 1. The van der Waals surface area contributed by atoms with Crippen molar-refractivity contribution in [1.82, 2.24) is 5.09 Å². The van der Waals surface area contributed by atoms with Gasteiger partial charge in [-0.05, 0) is 41.9 Å². The molecule has 2 rings (SSSR count). The van der Waals surface area contributed by atoms with E-state index in [1.807, 2.05) is 0 Å². The van der Waals surface area contributed by atoms with Crippen molar-refractivity contribution in [2.45, 2.75) is 36.7 Å². The first-order chi connectivity index (χ1) is 10.7. The molecule has 23 heavy (non-hydrogen) atoms. The minimum Gasteiger partial charge on any atom is -0.413 e. The van der Waals surface area contributed by atoms with E-state index >= 15 is 0 Å². The van der Waals surface area contributed by atoms with Gasteiger partial charge in [0.25, 0.3) is 0 Å². The zero-order chi connectivity index (χ0) is 17.1. The number of hydrogen-bond acceptors (Lipinski definition) is 5. The number of halogens is 2. The van der Waals surface area contributed by atoms with Gasteiger partial charge < -0.3 is 14.4 Å². The van der Waals surface area contributed by atoms with E-state index in [4.69, 9.17) is 13.8 Å². The van der Waals surface area contributed by atoms with Gasteiger partial charge in [0, 0.05) is 6.04 Å². The van der Waals surface area contributed by atoms with E-state index in [1.54, 1.807) is 44.2 Å². The van der Waals surface area contributed by atoms with Gasteiger partial charge >= 0.3 is 7.75 Å². The van der Waals surface area contributed by atoms with Crippen LogP contribution in [-0.4, -0.2) is 41.1 Å². The van der Waals surface area contributed by atoms with E-state index in [-0.39, 0.29) is 19.3 Å². The first-order valence-electron chi connectivity index (χ1n) is 7.16. The Kier molecular flexibility index (Phi) is 6.22. The maximum absolute atomic E-state index is 13.8. The van der Waals surface area contributed by atoms with Crippen LogP contribution in [0.2, 0.25) is 0 Å². The summed E-state index contributed by atoms with van der Waals surface area (Å²) in [6.45, 7) is 2.98. The molecule has 0 aliphatic carbocycles. The molecule has 1 unspecified atom stereocenters. The summed E-state index contributed by atoms with van der Waals surface area (Å²) in [5.74, 6) is 0.372. The molecule has 0 radical (unpaired) electrons. The first-order valence-corrected chi connectivity index (χ1v) is 9.50. The lowest BCUT2D eigenvalue weighted by molar-refractivity contribution is 0.00267. The standard InChI is InChI=1S/C14H20BrFNO5P/c1-10(2)17-23(19,22-11-6-4-3-5-7-11)21-8-12-13(18)14(15,16)9-20-12/h3-7,10,12-13,18H,8-9H2,1-2H3,(H,17,19)/t12-,13-,14+,23?/m1/s1. The highest BCUT2D eigenvalue weighted by Crippen LogP contribution is 2.46. The number of ether oxygens (including phenoxy) is 1. The molecule has 0 bridgehead atoms. The Morgan fingerprint density at radius 1 is 1.52 bits per heavy atom. The van der Waals surface area contributed by atoms with Crippen molar-refractivity contribution in [3.05, 3.63) is 30.3 Å². The predicted octanol–water partition coefficient (Wildman–Crippen LogP) is 3.01. The van der Waals surface area contributed by atoms with Crippen molar-refractivity contribution in [3.8, 4) is 5.75 Å². The lowest BCUT2D eigenvalue weighted by Gasteiger charge is -2.24. The number of rotatable bonds is 7. The number of para-hydroxylation sites is 1. The van der Waals surface area contributed by atoms with Gasteiger partial charge in [0.15, 0.2) is 0 Å². The quantitative estimate of drug-likeness (QED) is 0.530.